The Labute approximate surface area is 245 Å². The number of hydrazine groups is 2. The SMILES string of the molecule is C1CCC2C3NC(NC4NC(NC5C6CCCCC6C6NC7C8CCCCC8C(N3)N7NN56)C3CCNCC43)C2C1. The quantitative estimate of drug-likeness (QED) is 0.216. The molecule has 10 rings (SSSR count). The molecule has 6 bridgehead atoms. The fourth-order valence-corrected chi connectivity index (χ4v) is 12.3. The van der Waals surface area contributed by atoms with Crippen molar-refractivity contribution >= 4 is 0 Å². The number of nitrogens with one attached hydrogen (secondary N) is 8. The molecule has 3 saturated carbocycles. The van der Waals surface area contributed by atoms with Crippen LogP contribution in [0.1, 0.15) is 83.5 Å². The summed E-state index contributed by atoms with van der Waals surface area (Å²) < 4.78 is 0. The Bertz CT molecular complexity index is 924. The Morgan fingerprint density at radius 1 is 0.366 bits per heavy atom. The molecular weight excluding hydrogens is 512 g/mol. The minimum Gasteiger partial charge on any atom is -0.316 e. The molecule has 0 aromatic rings. The van der Waals surface area contributed by atoms with E-state index in [1.165, 1.54) is 83.5 Å². The van der Waals surface area contributed by atoms with E-state index in [1.807, 2.05) is 0 Å². The van der Waals surface area contributed by atoms with E-state index < -0.39 is 0 Å². The zero-order valence-electron chi connectivity index (χ0n) is 24.7. The van der Waals surface area contributed by atoms with Crippen LogP contribution in [0.15, 0.2) is 0 Å². The highest BCUT2D eigenvalue weighted by molar-refractivity contribution is 5.10. The second-order valence-electron chi connectivity index (χ2n) is 15.8. The number of hydrogen-bond donors (Lipinski definition) is 8. The highest BCUT2D eigenvalue weighted by Gasteiger charge is 2.61. The van der Waals surface area contributed by atoms with Crippen LogP contribution in [0.25, 0.3) is 0 Å². The second kappa shape index (κ2) is 10.1. The zero-order valence-corrected chi connectivity index (χ0v) is 24.7. The van der Waals surface area contributed by atoms with E-state index in [9.17, 15) is 0 Å². The number of piperidine rings is 1. The molecule has 0 spiro atoms. The summed E-state index contributed by atoms with van der Waals surface area (Å²) >= 11 is 0. The summed E-state index contributed by atoms with van der Waals surface area (Å²) in [7, 11) is 0. The van der Waals surface area contributed by atoms with Crippen LogP contribution in [0.2, 0.25) is 0 Å². The molecule has 7 saturated heterocycles. The van der Waals surface area contributed by atoms with Gasteiger partial charge in [-0.1, -0.05) is 38.5 Å². The van der Waals surface area contributed by atoms with Crippen LogP contribution in [0.3, 0.4) is 0 Å². The van der Waals surface area contributed by atoms with Crippen molar-refractivity contribution < 1.29 is 0 Å². The third kappa shape index (κ3) is 3.91. The molecule has 10 aliphatic rings. The first kappa shape index (κ1) is 25.9. The lowest BCUT2D eigenvalue weighted by atomic mass is 9.77. The smallest absolute Gasteiger partial charge is 0.0808 e. The Morgan fingerprint density at radius 3 is 1.27 bits per heavy atom. The van der Waals surface area contributed by atoms with Gasteiger partial charge in [-0.05, 0) is 92.9 Å². The van der Waals surface area contributed by atoms with Gasteiger partial charge in [-0.25, -0.2) is 0 Å². The summed E-state index contributed by atoms with van der Waals surface area (Å²) in [6, 6.07) is 0. The molecule has 10 heteroatoms. The van der Waals surface area contributed by atoms with Gasteiger partial charge in [0.05, 0.1) is 49.3 Å². The molecule has 7 aliphatic heterocycles. The van der Waals surface area contributed by atoms with E-state index in [0.29, 0.717) is 67.1 Å². The van der Waals surface area contributed by atoms with Gasteiger partial charge >= 0.3 is 0 Å². The van der Waals surface area contributed by atoms with Crippen LogP contribution in [-0.2, 0) is 0 Å². The third-order valence-corrected chi connectivity index (χ3v) is 14.1. The van der Waals surface area contributed by atoms with E-state index >= 15 is 0 Å². The normalized spacial score (nSPS) is 58.2. The summed E-state index contributed by atoms with van der Waals surface area (Å²) in [5.41, 5.74) is 4.20. The van der Waals surface area contributed by atoms with E-state index in [-0.39, 0.29) is 0 Å². The number of hydrogen-bond acceptors (Lipinski definition) is 10. The second-order valence-corrected chi connectivity index (χ2v) is 15.8. The van der Waals surface area contributed by atoms with Gasteiger partial charge in [-0.15, -0.1) is 0 Å². The minimum absolute atomic E-state index is 0.356. The first-order chi connectivity index (χ1) is 20.3. The van der Waals surface area contributed by atoms with Crippen molar-refractivity contribution in [3.05, 3.63) is 0 Å². The number of nitrogens with zero attached hydrogens (tertiary/aromatic N) is 2. The van der Waals surface area contributed by atoms with Gasteiger partial charge < -0.3 is 5.32 Å². The molecule has 0 amide bonds. The Hall–Kier alpha value is -0.400. The van der Waals surface area contributed by atoms with Gasteiger partial charge in [-0.3, -0.25) is 31.9 Å². The fourth-order valence-electron chi connectivity index (χ4n) is 12.3. The minimum atomic E-state index is 0.356. The first-order valence-electron chi connectivity index (χ1n) is 17.9. The van der Waals surface area contributed by atoms with Crippen LogP contribution < -0.4 is 42.8 Å². The van der Waals surface area contributed by atoms with Crippen LogP contribution in [0, 0.1) is 47.3 Å². The summed E-state index contributed by atoms with van der Waals surface area (Å²) in [5.74, 6) is 5.65. The summed E-state index contributed by atoms with van der Waals surface area (Å²) in [6.07, 6.45) is 20.9. The summed E-state index contributed by atoms with van der Waals surface area (Å²) in [4.78, 5) is 0. The number of fused-ring (bicyclic) bond motifs is 16. The molecule has 10 fully saturated rings. The molecular formula is C31H54N10. The predicted molar refractivity (Wildman–Crippen MR) is 157 cm³/mol. The van der Waals surface area contributed by atoms with Gasteiger partial charge in [0, 0.05) is 12.5 Å². The maximum absolute atomic E-state index is 4.36. The zero-order chi connectivity index (χ0) is 26.7. The lowest BCUT2D eigenvalue weighted by Gasteiger charge is -2.48. The van der Waals surface area contributed by atoms with E-state index in [4.69, 9.17) is 0 Å². The first-order valence-corrected chi connectivity index (χ1v) is 17.9. The van der Waals surface area contributed by atoms with Crippen molar-refractivity contribution in [3.63, 3.8) is 0 Å². The van der Waals surface area contributed by atoms with Crippen LogP contribution in [-0.4, -0.2) is 72.4 Å². The maximum Gasteiger partial charge on any atom is 0.0808 e. The predicted octanol–water partition coefficient (Wildman–Crippen LogP) is 0.883. The molecule has 10 nitrogen and oxygen atoms in total. The van der Waals surface area contributed by atoms with Crippen molar-refractivity contribution in [1.29, 1.82) is 0 Å². The Morgan fingerprint density at radius 2 is 0.756 bits per heavy atom. The molecule has 8 N–H and O–H groups in total. The lowest BCUT2D eigenvalue weighted by molar-refractivity contribution is -0.132. The van der Waals surface area contributed by atoms with Crippen molar-refractivity contribution in [2.45, 2.75) is 133 Å². The molecule has 16 atom stereocenters. The van der Waals surface area contributed by atoms with Gasteiger partial charge in [0.1, 0.15) is 0 Å². The van der Waals surface area contributed by atoms with Gasteiger partial charge in [0.25, 0.3) is 0 Å². The topological polar surface area (TPSA) is 103 Å². The average Bonchev–Trinajstić information content (AvgIpc) is 3.73. The molecule has 7 heterocycles. The van der Waals surface area contributed by atoms with Gasteiger partial charge in [-0.2, -0.15) is 15.6 Å². The average molecular weight is 567 g/mol. The van der Waals surface area contributed by atoms with Crippen molar-refractivity contribution in [2.24, 2.45) is 47.3 Å². The van der Waals surface area contributed by atoms with Crippen molar-refractivity contribution in [2.75, 3.05) is 13.1 Å². The molecule has 228 valence electrons. The molecule has 41 heavy (non-hydrogen) atoms. The molecule has 0 radical (unpaired) electrons. The Balaban J connectivity index is 1.05. The third-order valence-electron chi connectivity index (χ3n) is 14.1. The van der Waals surface area contributed by atoms with E-state index in [1.54, 1.807) is 0 Å². The van der Waals surface area contributed by atoms with Gasteiger partial charge in [0.15, 0.2) is 0 Å². The van der Waals surface area contributed by atoms with Crippen molar-refractivity contribution in [3.8, 4) is 0 Å². The largest absolute Gasteiger partial charge is 0.316 e. The summed E-state index contributed by atoms with van der Waals surface area (Å²) in [5, 5.41) is 34.8. The Kier molecular flexibility index (Phi) is 6.35. The summed E-state index contributed by atoms with van der Waals surface area (Å²) in [6.45, 7) is 2.27. The molecule has 3 aliphatic carbocycles. The maximum atomic E-state index is 4.36. The van der Waals surface area contributed by atoms with Crippen LogP contribution >= 0.6 is 0 Å². The van der Waals surface area contributed by atoms with Gasteiger partial charge in [0.2, 0.25) is 0 Å². The monoisotopic (exact) mass is 566 g/mol. The fraction of sp³-hybridized carbons (Fsp3) is 1.00. The standard InChI is InChI=1S/C31H54N10/c1-2-8-17-16(7-1)24-33-25(17)36-28-19-9-3-5-11-21(19)30-38-31-22-12-6-4-10-20(22)29(41(31)39-40(28)30)37-26-18-13-14-32-15-23(18)27(34-24)35-26/h16-39H,1-15H2. The van der Waals surface area contributed by atoms with E-state index in [0.717, 1.165) is 42.7 Å². The molecule has 0 aromatic heterocycles. The lowest BCUT2D eigenvalue weighted by Crippen LogP contribution is -2.75. The van der Waals surface area contributed by atoms with Crippen LogP contribution in [0.5, 0.6) is 0 Å². The van der Waals surface area contributed by atoms with Crippen LogP contribution in [0.4, 0.5) is 0 Å². The highest BCUT2D eigenvalue weighted by atomic mass is 15.9. The molecule has 0 aromatic carbocycles. The van der Waals surface area contributed by atoms with E-state index in [2.05, 4.69) is 52.8 Å². The molecule has 16 unspecified atom stereocenters. The van der Waals surface area contributed by atoms with Crippen molar-refractivity contribution in [1.82, 2.24) is 52.8 Å². The highest BCUT2D eigenvalue weighted by Crippen LogP contribution is 2.50. The number of rotatable bonds is 0.